The monoisotopic (exact) mass is 422 g/mol. The number of aromatic hydroxyl groups is 1. The van der Waals surface area contributed by atoms with Gasteiger partial charge in [0.25, 0.3) is 5.91 Å². The molecule has 152 valence electrons. The molecule has 0 saturated heterocycles. The number of benzene rings is 2. The number of carbonyl (C=O) groups excluding carboxylic acids is 1. The van der Waals surface area contributed by atoms with Gasteiger partial charge in [-0.1, -0.05) is 60.0 Å². The molecule has 0 aliphatic carbocycles. The second-order valence-electron chi connectivity index (χ2n) is 7.03. The van der Waals surface area contributed by atoms with Crippen LogP contribution in [0.15, 0.2) is 36.4 Å². The van der Waals surface area contributed by atoms with Crippen LogP contribution >= 0.6 is 23.2 Å². The number of carbonyl (C=O) groups is 1. The van der Waals surface area contributed by atoms with E-state index >= 15 is 0 Å². The zero-order chi connectivity index (χ0) is 20.5. The molecule has 2 rings (SSSR count). The summed E-state index contributed by atoms with van der Waals surface area (Å²) in [6.45, 7) is 2.89. The lowest BCUT2D eigenvalue weighted by molar-refractivity contribution is 0.0937. The van der Waals surface area contributed by atoms with Crippen LogP contribution in [0.1, 0.15) is 47.7 Å². The molecule has 0 aromatic heterocycles. The normalized spacial score (nSPS) is 12.0. The van der Waals surface area contributed by atoms with Crippen molar-refractivity contribution in [3.8, 4) is 5.75 Å². The highest BCUT2D eigenvalue weighted by Gasteiger charge is 2.21. The maximum atomic E-state index is 12.6. The van der Waals surface area contributed by atoms with Crippen molar-refractivity contribution in [1.29, 1.82) is 0 Å². The Labute approximate surface area is 177 Å². The summed E-state index contributed by atoms with van der Waals surface area (Å²) in [4.78, 5) is 12.6. The van der Waals surface area contributed by atoms with E-state index in [-0.39, 0.29) is 28.3 Å². The Bertz CT molecular complexity index is 782. The Morgan fingerprint density at radius 1 is 1.14 bits per heavy atom. The molecule has 1 atom stereocenters. The molecule has 0 bridgehead atoms. The first kappa shape index (κ1) is 22.5. The Morgan fingerprint density at radius 2 is 1.86 bits per heavy atom. The van der Waals surface area contributed by atoms with E-state index in [2.05, 4.69) is 10.6 Å². The summed E-state index contributed by atoms with van der Waals surface area (Å²) in [7, 11) is 1.93. The van der Waals surface area contributed by atoms with Gasteiger partial charge in [0.15, 0.2) is 0 Å². The molecule has 0 heterocycles. The smallest absolute Gasteiger partial charge is 0.255 e. The minimum absolute atomic E-state index is 0.0984. The molecule has 28 heavy (non-hydrogen) atoms. The van der Waals surface area contributed by atoms with Gasteiger partial charge >= 0.3 is 0 Å². The van der Waals surface area contributed by atoms with E-state index in [1.54, 1.807) is 0 Å². The van der Waals surface area contributed by atoms with Crippen molar-refractivity contribution in [3.05, 3.63) is 63.1 Å². The summed E-state index contributed by atoms with van der Waals surface area (Å²) >= 11 is 12.7. The number of unbranched alkanes of at least 4 members (excludes halogenated alkanes) is 2. The topological polar surface area (TPSA) is 61.4 Å². The Kier molecular flexibility index (Phi) is 9.10. The number of rotatable bonds is 10. The summed E-state index contributed by atoms with van der Waals surface area (Å²) in [6, 6.07) is 11.3. The van der Waals surface area contributed by atoms with E-state index in [0.717, 1.165) is 31.4 Å². The Morgan fingerprint density at radius 3 is 2.54 bits per heavy atom. The fraction of sp³-hybridized carbons (Fsp3) is 0.409. The first-order chi connectivity index (χ1) is 13.4. The summed E-state index contributed by atoms with van der Waals surface area (Å²) in [5, 5.41) is 17.1. The number of nitrogens with one attached hydrogen (secondary N) is 2. The van der Waals surface area contributed by atoms with Gasteiger partial charge in [-0.3, -0.25) is 4.79 Å². The van der Waals surface area contributed by atoms with Crippen LogP contribution in [0.25, 0.3) is 0 Å². The van der Waals surface area contributed by atoms with Gasteiger partial charge in [-0.2, -0.15) is 0 Å². The molecule has 0 fully saturated rings. The van der Waals surface area contributed by atoms with E-state index in [1.165, 1.54) is 6.07 Å². The van der Waals surface area contributed by atoms with Crippen LogP contribution in [-0.2, 0) is 12.8 Å². The number of amides is 1. The largest absolute Gasteiger partial charge is 0.506 e. The highest BCUT2D eigenvalue weighted by Crippen LogP contribution is 2.37. The minimum Gasteiger partial charge on any atom is -0.506 e. The van der Waals surface area contributed by atoms with Crippen molar-refractivity contribution in [2.24, 2.45) is 0 Å². The molecule has 0 aliphatic heterocycles. The molecule has 1 amide bonds. The zero-order valence-electron chi connectivity index (χ0n) is 16.4. The maximum Gasteiger partial charge on any atom is 0.255 e. The lowest BCUT2D eigenvalue weighted by Gasteiger charge is -2.17. The summed E-state index contributed by atoms with van der Waals surface area (Å²) in [5.74, 6) is -0.592. The third-order valence-corrected chi connectivity index (χ3v) is 5.39. The third kappa shape index (κ3) is 6.40. The Balaban J connectivity index is 2.03. The zero-order valence-corrected chi connectivity index (χ0v) is 17.9. The summed E-state index contributed by atoms with van der Waals surface area (Å²) in [6.07, 6.45) is 4.38. The Hall–Kier alpha value is -1.75. The second-order valence-corrected chi connectivity index (χ2v) is 7.81. The van der Waals surface area contributed by atoms with E-state index in [9.17, 15) is 9.90 Å². The highest BCUT2D eigenvalue weighted by molar-refractivity contribution is 6.37. The van der Waals surface area contributed by atoms with Crippen LogP contribution in [0.3, 0.4) is 0 Å². The van der Waals surface area contributed by atoms with Crippen molar-refractivity contribution in [2.45, 2.75) is 45.1 Å². The van der Waals surface area contributed by atoms with Crippen LogP contribution in [0.4, 0.5) is 0 Å². The molecule has 4 nitrogen and oxygen atoms in total. The van der Waals surface area contributed by atoms with Gasteiger partial charge in [-0.15, -0.1) is 0 Å². The van der Waals surface area contributed by atoms with Gasteiger partial charge in [0, 0.05) is 11.1 Å². The van der Waals surface area contributed by atoms with Crippen molar-refractivity contribution < 1.29 is 9.90 Å². The number of phenols is 1. The first-order valence-corrected chi connectivity index (χ1v) is 10.4. The van der Waals surface area contributed by atoms with Crippen molar-refractivity contribution >= 4 is 29.1 Å². The molecule has 0 radical (unpaired) electrons. The van der Waals surface area contributed by atoms with Gasteiger partial charge < -0.3 is 15.7 Å². The van der Waals surface area contributed by atoms with E-state index < -0.39 is 0 Å². The molecule has 0 saturated carbocycles. The van der Waals surface area contributed by atoms with Gasteiger partial charge in [0.1, 0.15) is 5.75 Å². The van der Waals surface area contributed by atoms with Gasteiger partial charge in [0.2, 0.25) is 0 Å². The molecule has 0 spiro atoms. The fourth-order valence-corrected chi connectivity index (χ4v) is 3.80. The minimum atomic E-state index is -0.384. The van der Waals surface area contributed by atoms with Crippen LogP contribution in [-0.4, -0.2) is 30.6 Å². The van der Waals surface area contributed by atoms with Crippen molar-refractivity contribution in [1.82, 2.24) is 10.6 Å². The molecule has 2 aromatic carbocycles. The van der Waals surface area contributed by atoms with E-state index in [0.29, 0.717) is 23.4 Å². The molecule has 0 unspecified atom stereocenters. The summed E-state index contributed by atoms with van der Waals surface area (Å²) in [5.41, 5.74) is 1.93. The molecule has 2 aromatic rings. The van der Waals surface area contributed by atoms with Crippen molar-refractivity contribution in [3.63, 3.8) is 0 Å². The SMILES string of the molecule is CNCCCCCc1c(Cl)cc(C(=O)N[C@H](C)Cc2ccccc2)c(O)c1Cl. The highest BCUT2D eigenvalue weighted by atomic mass is 35.5. The number of halogens is 2. The van der Waals surface area contributed by atoms with Crippen LogP contribution in [0.5, 0.6) is 5.75 Å². The molecule has 3 N–H and O–H groups in total. The number of hydrogen-bond donors (Lipinski definition) is 3. The van der Waals surface area contributed by atoms with E-state index in [1.807, 2.05) is 44.3 Å². The average molecular weight is 423 g/mol. The molecular formula is C22H28Cl2N2O2. The number of hydrogen-bond acceptors (Lipinski definition) is 3. The van der Waals surface area contributed by atoms with Crippen LogP contribution in [0.2, 0.25) is 10.0 Å². The quantitative estimate of drug-likeness (QED) is 0.472. The third-order valence-electron chi connectivity index (χ3n) is 4.65. The molecule has 6 heteroatoms. The fourth-order valence-electron chi connectivity index (χ4n) is 3.15. The van der Waals surface area contributed by atoms with Crippen LogP contribution in [0, 0.1) is 0 Å². The standard InChI is InChI=1S/C22H28Cl2N2O2/c1-15(13-16-9-5-3-6-10-16)26-22(28)18-14-19(23)17(20(24)21(18)27)11-7-4-8-12-25-2/h3,5-6,9-10,14-15,25,27H,4,7-8,11-13H2,1-2H3,(H,26,28)/t15-/m1/s1. The molecular weight excluding hydrogens is 395 g/mol. The summed E-state index contributed by atoms with van der Waals surface area (Å²) < 4.78 is 0. The van der Waals surface area contributed by atoms with Gasteiger partial charge in [-0.25, -0.2) is 0 Å². The lowest BCUT2D eigenvalue weighted by Crippen LogP contribution is -2.34. The first-order valence-electron chi connectivity index (χ1n) is 9.63. The van der Waals surface area contributed by atoms with E-state index in [4.69, 9.17) is 23.2 Å². The van der Waals surface area contributed by atoms with Gasteiger partial charge in [0.05, 0.1) is 10.6 Å². The lowest BCUT2D eigenvalue weighted by atomic mass is 10.0. The van der Waals surface area contributed by atoms with Gasteiger partial charge in [-0.05, 0) is 63.4 Å². The van der Waals surface area contributed by atoms with Crippen LogP contribution < -0.4 is 10.6 Å². The predicted molar refractivity (Wildman–Crippen MR) is 117 cm³/mol. The molecule has 0 aliphatic rings. The predicted octanol–water partition coefficient (Wildman–Crippen LogP) is 4.99. The van der Waals surface area contributed by atoms with Crippen molar-refractivity contribution in [2.75, 3.05) is 13.6 Å². The average Bonchev–Trinajstić information content (AvgIpc) is 2.67. The second kappa shape index (κ2) is 11.3. The number of phenolic OH excluding ortho intramolecular Hbond substituents is 1. The maximum absolute atomic E-state index is 12.6.